The van der Waals surface area contributed by atoms with Gasteiger partial charge in [0.25, 0.3) is 0 Å². The largest absolute Gasteiger partial charge is 0.378 e. The van der Waals surface area contributed by atoms with Crippen molar-refractivity contribution in [3.05, 3.63) is 35.5 Å². The first-order valence-electron chi connectivity index (χ1n) is 9.02. The lowest BCUT2D eigenvalue weighted by Gasteiger charge is -2.14. The Bertz CT molecular complexity index is 938. The maximum absolute atomic E-state index is 12.4. The highest BCUT2D eigenvalue weighted by atomic mass is 35.5. The fraction of sp³-hybridized carbons (Fsp3) is 0.421. The molecule has 7 heteroatoms. The summed E-state index contributed by atoms with van der Waals surface area (Å²) >= 11 is 6.02. The van der Waals surface area contributed by atoms with Crippen LogP contribution in [0.15, 0.2) is 30.4 Å². The van der Waals surface area contributed by atoms with Crippen molar-refractivity contribution in [1.29, 1.82) is 0 Å². The predicted octanol–water partition coefficient (Wildman–Crippen LogP) is 3.64. The van der Waals surface area contributed by atoms with Crippen molar-refractivity contribution in [2.24, 2.45) is 11.8 Å². The van der Waals surface area contributed by atoms with Crippen molar-refractivity contribution >= 4 is 40.3 Å². The van der Waals surface area contributed by atoms with E-state index >= 15 is 0 Å². The van der Waals surface area contributed by atoms with Crippen LogP contribution in [0.1, 0.15) is 25.7 Å². The fourth-order valence-corrected chi connectivity index (χ4v) is 4.04. The van der Waals surface area contributed by atoms with E-state index in [0.29, 0.717) is 41.4 Å². The van der Waals surface area contributed by atoms with Gasteiger partial charge in [0.05, 0.1) is 24.8 Å². The molecule has 2 aromatic heterocycles. The van der Waals surface area contributed by atoms with E-state index in [1.54, 1.807) is 12.1 Å². The number of aromatic nitrogens is 3. The highest BCUT2D eigenvalue weighted by molar-refractivity contribution is 6.29. The first kappa shape index (κ1) is 16.0. The van der Waals surface area contributed by atoms with Gasteiger partial charge in [-0.05, 0) is 55.4 Å². The summed E-state index contributed by atoms with van der Waals surface area (Å²) in [6, 6.07) is 3.49. The van der Waals surface area contributed by atoms with Gasteiger partial charge in [-0.1, -0.05) is 17.7 Å². The summed E-state index contributed by atoms with van der Waals surface area (Å²) in [7, 11) is 0. The molecule has 2 saturated carbocycles. The number of imidazole rings is 1. The van der Waals surface area contributed by atoms with Gasteiger partial charge in [-0.2, -0.15) is 0 Å². The molecule has 3 aliphatic carbocycles. The van der Waals surface area contributed by atoms with Crippen LogP contribution < -0.4 is 5.32 Å². The van der Waals surface area contributed by atoms with E-state index in [2.05, 4.69) is 15.3 Å². The van der Waals surface area contributed by atoms with Gasteiger partial charge in [0.2, 0.25) is 11.9 Å². The first-order valence-corrected chi connectivity index (χ1v) is 9.40. The molecule has 6 nitrogen and oxygen atoms in total. The summed E-state index contributed by atoms with van der Waals surface area (Å²) < 4.78 is 7.67. The number of ether oxygens (including phenoxy) is 1. The molecule has 3 atom stereocenters. The second-order valence-electron chi connectivity index (χ2n) is 7.22. The molecule has 0 aliphatic heterocycles. The fourth-order valence-electron chi connectivity index (χ4n) is 3.89. The van der Waals surface area contributed by atoms with Crippen LogP contribution >= 0.6 is 11.6 Å². The monoisotopic (exact) mass is 370 g/mol. The van der Waals surface area contributed by atoms with E-state index in [1.807, 2.05) is 22.8 Å². The van der Waals surface area contributed by atoms with Crippen molar-refractivity contribution < 1.29 is 9.53 Å². The number of allylic oxidation sites excluding steroid dienone is 4. The van der Waals surface area contributed by atoms with Crippen LogP contribution in [0.25, 0.3) is 16.9 Å². The van der Waals surface area contributed by atoms with Crippen LogP contribution in [0.4, 0.5) is 5.95 Å². The number of halogens is 1. The second-order valence-corrected chi connectivity index (χ2v) is 7.60. The number of carbonyl (C=O) groups is 1. The van der Waals surface area contributed by atoms with Gasteiger partial charge < -0.3 is 4.74 Å². The Morgan fingerprint density at radius 2 is 2.08 bits per heavy atom. The summed E-state index contributed by atoms with van der Waals surface area (Å²) in [6.07, 6.45) is 10.2. The number of nitrogens with one attached hydrogen (secondary N) is 1. The number of hydrogen-bond donors (Lipinski definition) is 1. The topological polar surface area (TPSA) is 69.0 Å². The van der Waals surface area contributed by atoms with Crippen LogP contribution in [-0.4, -0.2) is 33.2 Å². The third kappa shape index (κ3) is 2.93. The first-order chi connectivity index (χ1) is 12.7. The Kier molecular flexibility index (Phi) is 3.83. The Morgan fingerprint density at radius 3 is 2.81 bits per heavy atom. The standard InChI is InChI=1S/C19H19ClN4O2/c20-16-5-4-15-18(22-16)24(13-2-1-3-13)19(21-15)23-17(25)6-7-26-14-9-11-8-12(11)10-14/h1-5,11-12,14H,6-10H2,(H,21,23,25)/t11-,12+,14?. The Morgan fingerprint density at radius 1 is 1.27 bits per heavy atom. The van der Waals surface area contributed by atoms with Crippen LogP contribution in [-0.2, 0) is 9.53 Å². The number of hydrogen-bond acceptors (Lipinski definition) is 4. The molecule has 0 aromatic carbocycles. The molecule has 2 aromatic rings. The summed E-state index contributed by atoms with van der Waals surface area (Å²) in [5, 5.41) is 3.28. The van der Waals surface area contributed by atoms with Gasteiger partial charge in [0.15, 0.2) is 5.65 Å². The highest BCUT2D eigenvalue weighted by Gasteiger charge is 2.46. The zero-order valence-corrected chi connectivity index (χ0v) is 14.9. The van der Waals surface area contributed by atoms with Gasteiger partial charge in [0.1, 0.15) is 10.7 Å². The predicted molar refractivity (Wildman–Crippen MR) is 99.8 cm³/mol. The van der Waals surface area contributed by atoms with Gasteiger partial charge in [0, 0.05) is 0 Å². The number of nitrogens with zero attached hydrogens (tertiary/aromatic N) is 3. The molecule has 2 fully saturated rings. The number of amides is 1. The lowest BCUT2D eigenvalue weighted by atomic mass is 10.2. The molecular weight excluding hydrogens is 352 g/mol. The van der Waals surface area contributed by atoms with Crippen molar-refractivity contribution in [2.45, 2.75) is 31.8 Å². The van der Waals surface area contributed by atoms with Crippen LogP contribution in [0.2, 0.25) is 5.15 Å². The Balaban J connectivity index is 1.27. The summed E-state index contributed by atoms with van der Waals surface area (Å²) in [4.78, 5) is 21.2. The molecule has 1 N–H and O–H groups in total. The molecule has 0 spiro atoms. The summed E-state index contributed by atoms with van der Waals surface area (Å²) in [6.45, 7) is 0.447. The van der Waals surface area contributed by atoms with E-state index in [-0.39, 0.29) is 5.91 Å². The average molecular weight is 371 g/mol. The number of fused-ring (bicyclic) bond motifs is 2. The minimum Gasteiger partial charge on any atom is -0.378 e. The molecule has 5 rings (SSSR count). The van der Waals surface area contributed by atoms with Crippen molar-refractivity contribution in [1.82, 2.24) is 14.5 Å². The third-order valence-electron chi connectivity index (χ3n) is 5.40. The smallest absolute Gasteiger partial charge is 0.229 e. The van der Waals surface area contributed by atoms with Crippen molar-refractivity contribution in [2.75, 3.05) is 11.9 Å². The number of carbonyl (C=O) groups excluding carboxylic acids is 1. The molecule has 0 saturated heterocycles. The molecule has 134 valence electrons. The summed E-state index contributed by atoms with van der Waals surface area (Å²) in [5.41, 5.74) is 2.23. The zero-order valence-electron chi connectivity index (χ0n) is 14.2. The molecular formula is C19H19ClN4O2. The third-order valence-corrected chi connectivity index (χ3v) is 5.61. The molecule has 1 amide bonds. The van der Waals surface area contributed by atoms with Crippen molar-refractivity contribution in [3.8, 4) is 0 Å². The number of anilines is 1. The van der Waals surface area contributed by atoms with Crippen LogP contribution in [0.5, 0.6) is 0 Å². The Labute approximate surface area is 155 Å². The summed E-state index contributed by atoms with van der Waals surface area (Å²) in [5.74, 6) is 2.12. The molecule has 1 unspecified atom stereocenters. The lowest BCUT2D eigenvalue weighted by molar-refractivity contribution is -0.117. The van der Waals surface area contributed by atoms with Crippen LogP contribution in [0, 0.1) is 11.8 Å². The van der Waals surface area contributed by atoms with E-state index in [0.717, 1.165) is 30.4 Å². The minimum absolute atomic E-state index is 0.111. The van der Waals surface area contributed by atoms with Crippen molar-refractivity contribution in [3.63, 3.8) is 0 Å². The second kappa shape index (κ2) is 6.21. The quantitative estimate of drug-likeness (QED) is 0.788. The molecule has 0 radical (unpaired) electrons. The van der Waals surface area contributed by atoms with Gasteiger partial charge in [-0.3, -0.25) is 14.7 Å². The lowest BCUT2D eigenvalue weighted by Crippen LogP contribution is -2.20. The van der Waals surface area contributed by atoms with Crippen LogP contribution in [0.3, 0.4) is 0 Å². The van der Waals surface area contributed by atoms with Gasteiger partial charge in [-0.15, -0.1) is 0 Å². The molecule has 26 heavy (non-hydrogen) atoms. The minimum atomic E-state index is -0.111. The number of pyridine rings is 1. The highest BCUT2D eigenvalue weighted by Crippen LogP contribution is 2.52. The average Bonchev–Trinajstić information content (AvgIpc) is 3.03. The molecule has 2 heterocycles. The van der Waals surface area contributed by atoms with E-state index in [1.165, 1.54) is 6.42 Å². The maximum Gasteiger partial charge on any atom is 0.229 e. The van der Waals surface area contributed by atoms with E-state index < -0.39 is 0 Å². The normalized spacial score (nSPS) is 25.7. The van der Waals surface area contributed by atoms with E-state index in [4.69, 9.17) is 16.3 Å². The SMILES string of the molecule is O=C(CCOC1C[C@@H]2C[C@@H]2C1)Nc1nc2ccc(Cl)nc2n1C1=CC=C1. The molecule has 3 aliphatic rings. The Hall–Kier alpha value is -2.18. The maximum atomic E-state index is 12.4. The van der Waals surface area contributed by atoms with Gasteiger partial charge in [-0.25, -0.2) is 9.97 Å². The molecule has 0 bridgehead atoms. The zero-order chi connectivity index (χ0) is 17.7. The van der Waals surface area contributed by atoms with Gasteiger partial charge >= 0.3 is 0 Å². The number of rotatable bonds is 6. The van der Waals surface area contributed by atoms with E-state index in [9.17, 15) is 4.79 Å².